The summed E-state index contributed by atoms with van der Waals surface area (Å²) in [6, 6.07) is 6.17. The lowest BCUT2D eigenvalue weighted by Crippen LogP contribution is -2.13. The van der Waals surface area contributed by atoms with Crippen LogP contribution < -0.4 is 0 Å². The van der Waals surface area contributed by atoms with E-state index in [0.717, 1.165) is 10.4 Å². The minimum Gasteiger partial charge on any atom is -0.331 e. The quantitative estimate of drug-likeness (QED) is 0.728. The molecule has 15 heavy (non-hydrogen) atoms. The lowest BCUT2D eigenvalue weighted by molar-refractivity contribution is 0.395. The third-order valence-corrected chi connectivity index (χ3v) is 3.65. The Morgan fingerprint density at radius 1 is 1.40 bits per heavy atom. The van der Waals surface area contributed by atoms with Crippen LogP contribution in [-0.2, 0) is 7.05 Å². The van der Waals surface area contributed by atoms with Crippen molar-refractivity contribution in [2.24, 2.45) is 7.05 Å². The zero-order valence-corrected chi connectivity index (χ0v) is 9.67. The Bertz CT molecular complexity index is 512. The molecule has 3 heteroatoms. The number of fused-ring (bicyclic) bond motifs is 1. The highest BCUT2D eigenvalue weighted by Gasteiger charge is 2.24. The lowest BCUT2D eigenvalue weighted by atomic mass is 9.85. The summed E-state index contributed by atoms with van der Waals surface area (Å²) in [5, 5.41) is 0. The Hall–Kier alpha value is -0.960. The number of rotatable bonds is 1. The van der Waals surface area contributed by atoms with Crippen molar-refractivity contribution >= 4 is 23.7 Å². The molecule has 0 saturated heterocycles. The molecule has 1 aromatic heterocycles. The Labute approximate surface area is 94.7 Å². The van der Waals surface area contributed by atoms with Crippen LogP contribution in [0.2, 0.25) is 0 Å². The second kappa shape index (κ2) is 3.27. The molecule has 0 bridgehead atoms. The molecule has 0 amide bonds. The Morgan fingerprint density at radius 2 is 2.20 bits per heavy atom. The number of imidazole rings is 1. The zero-order valence-electron chi connectivity index (χ0n) is 8.77. The van der Waals surface area contributed by atoms with E-state index in [2.05, 4.69) is 30.3 Å². The molecule has 1 heterocycles. The first-order valence-electron chi connectivity index (χ1n) is 5.41. The molecule has 1 saturated carbocycles. The van der Waals surface area contributed by atoms with Crippen molar-refractivity contribution in [3.63, 3.8) is 0 Å². The molecular weight excluding hydrogens is 204 g/mol. The predicted molar refractivity (Wildman–Crippen MR) is 64.6 cm³/mol. The fourth-order valence-corrected chi connectivity index (χ4v) is 2.44. The molecule has 1 aromatic carbocycles. The Balaban J connectivity index is 2.19. The molecule has 3 rings (SSSR count). The minimum atomic E-state index is 0.686. The highest BCUT2D eigenvalue weighted by molar-refractivity contribution is 7.80. The van der Waals surface area contributed by atoms with Gasteiger partial charge in [0.05, 0.1) is 11.0 Å². The standard InChI is InChI=1S/C12H14N2S/c1-14-11-6-5-9(15)7-10(11)13-12(14)8-3-2-4-8/h5-8,15H,2-4H2,1H3. The van der Waals surface area contributed by atoms with E-state index < -0.39 is 0 Å². The van der Waals surface area contributed by atoms with Crippen molar-refractivity contribution in [1.29, 1.82) is 0 Å². The summed E-state index contributed by atoms with van der Waals surface area (Å²) >= 11 is 4.34. The first-order valence-corrected chi connectivity index (χ1v) is 5.86. The summed E-state index contributed by atoms with van der Waals surface area (Å²) in [6.45, 7) is 0. The van der Waals surface area contributed by atoms with Crippen molar-refractivity contribution in [2.45, 2.75) is 30.1 Å². The maximum absolute atomic E-state index is 4.71. The molecule has 0 unspecified atom stereocenters. The normalized spacial score (nSPS) is 16.9. The topological polar surface area (TPSA) is 17.8 Å². The number of hydrogen-bond donors (Lipinski definition) is 1. The van der Waals surface area contributed by atoms with Crippen molar-refractivity contribution in [1.82, 2.24) is 9.55 Å². The van der Waals surface area contributed by atoms with Crippen LogP contribution in [0.15, 0.2) is 23.1 Å². The molecule has 1 fully saturated rings. The van der Waals surface area contributed by atoms with Crippen LogP contribution in [0.1, 0.15) is 31.0 Å². The number of aromatic nitrogens is 2. The second-order valence-electron chi connectivity index (χ2n) is 4.33. The average molecular weight is 218 g/mol. The van der Waals surface area contributed by atoms with Crippen molar-refractivity contribution < 1.29 is 0 Å². The van der Waals surface area contributed by atoms with Gasteiger partial charge in [-0.1, -0.05) is 6.42 Å². The van der Waals surface area contributed by atoms with E-state index in [9.17, 15) is 0 Å². The van der Waals surface area contributed by atoms with Crippen molar-refractivity contribution in [3.8, 4) is 0 Å². The Kier molecular flexibility index (Phi) is 2.02. The third-order valence-electron chi connectivity index (χ3n) is 3.37. The smallest absolute Gasteiger partial charge is 0.112 e. The largest absolute Gasteiger partial charge is 0.331 e. The van der Waals surface area contributed by atoms with Gasteiger partial charge in [-0.15, -0.1) is 12.6 Å². The van der Waals surface area contributed by atoms with Gasteiger partial charge in [0.1, 0.15) is 5.82 Å². The van der Waals surface area contributed by atoms with Gasteiger partial charge in [-0.2, -0.15) is 0 Å². The fourth-order valence-electron chi connectivity index (χ4n) is 2.24. The van der Waals surface area contributed by atoms with Gasteiger partial charge < -0.3 is 4.57 Å². The summed E-state index contributed by atoms with van der Waals surface area (Å²) in [6.07, 6.45) is 3.95. The van der Waals surface area contributed by atoms with E-state index in [1.807, 2.05) is 12.1 Å². The first kappa shape index (κ1) is 9.28. The van der Waals surface area contributed by atoms with E-state index in [-0.39, 0.29) is 0 Å². The highest BCUT2D eigenvalue weighted by Crippen LogP contribution is 2.36. The van der Waals surface area contributed by atoms with Crippen LogP contribution in [0.5, 0.6) is 0 Å². The van der Waals surface area contributed by atoms with E-state index in [4.69, 9.17) is 4.98 Å². The number of nitrogens with zero attached hydrogens (tertiary/aromatic N) is 2. The molecule has 78 valence electrons. The van der Waals surface area contributed by atoms with E-state index >= 15 is 0 Å². The molecule has 0 aliphatic heterocycles. The number of aryl methyl sites for hydroxylation is 1. The highest BCUT2D eigenvalue weighted by atomic mass is 32.1. The summed E-state index contributed by atoms with van der Waals surface area (Å²) in [5.41, 5.74) is 2.29. The number of hydrogen-bond acceptors (Lipinski definition) is 2. The maximum Gasteiger partial charge on any atom is 0.112 e. The predicted octanol–water partition coefficient (Wildman–Crippen LogP) is 3.13. The summed E-state index contributed by atoms with van der Waals surface area (Å²) in [7, 11) is 2.11. The monoisotopic (exact) mass is 218 g/mol. The van der Waals surface area contributed by atoms with Crippen LogP contribution in [-0.4, -0.2) is 9.55 Å². The summed E-state index contributed by atoms with van der Waals surface area (Å²) in [5.74, 6) is 1.93. The van der Waals surface area contributed by atoms with Crippen LogP contribution in [0.3, 0.4) is 0 Å². The van der Waals surface area contributed by atoms with Gasteiger partial charge in [0.15, 0.2) is 0 Å². The fraction of sp³-hybridized carbons (Fsp3) is 0.417. The first-order chi connectivity index (χ1) is 7.25. The van der Waals surface area contributed by atoms with Gasteiger partial charge in [0.25, 0.3) is 0 Å². The molecule has 0 atom stereocenters. The summed E-state index contributed by atoms with van der Waals surface area (Å²) in [4.78, 5) is 5.70. The molecular formula is C12H14N2S. The van der Waals surface area contributed by atoms with E-state index in [0.29, 0.717) is 5.92 Å². The van der Waals surface area contributed by atoms with Crippen molar-refractivity contribution in [2.75, 3.05) is 0 Å². The van der Waals surface area contributed by atoms with Gasteiger partial charge in [0, 0.05) is 17.9 Å². The SMILES string of the molecule is Cn1c(C2CCC2)nc2cc(S)ccc21. The van der Waals surface area contributed by atoms with E-state index in [1.54, 1.807) is 0 Å². The minimum absolute atomic E-state index is 0.686. The molecule has 2 aromatic rings. The number of benzene rings is 1. The van der Waals surface area contributed by atoms with E-state index in [1.165, 1.54) is 30.6 Å². The molecule has 0 radical (unpaired) electrons. The molecule has 0 spiro atoms. The second-order valence-corrected chi connectivity index (χ2v) is 4.85. The maximum atomic E-state index is 4.71. The van der Waals surface area contributed by atoms with Gasteiger partial charge >= 0.3 is 0 Å². The van der Waals surface area contributed by atoms with Gasteiger partial charge in [0.2, 0.25) is 0 Å². The molecule has 2 nitrogen and oxygen atoms in total. The number of thiol groups is 1. The van der Waals surface area contributed by atoms with Crippen LogP contribution in [0.25, 0.3) is 11.0 Å². The molecule has 1 aliphatic carbocycles. The zero-order chi connectivity index (χ0) is 10.4. The Morgan fingerprint density at radius 3 is 2.87 bits per heavy atom. The summed E-state index contributed by atoms with van der Waals surface area (Å²) < 4.78 is 2.23. The lowest BCUT2D eigenvalue weighted by Gasteiger charge is -2.24. The average Bonchev–Trinajstić information content (AvgIpc) is 2.41. The third kappa shape index (κ3) is 1.37. The van der Waals surface area contributed by atoms with Gasteiger partial charge in [-0.05, 0) is 31.0 Å². The van der Waals surface area contributed by atoms with Crippen LogP contribution in [0, 0.1) is 0 Å². The van der Waals surface area contributed by atoms with Crippen LogP contribution in [0.4, 0.5) is 0 Å². The molecule has 1 aliphatic rings. The van der Waals surface area contributed by atoms with Crippen molar-refractivity contribution in [3.05, 3.63) is 24.0 Å². The van der Waals surface area contributed by atoms with Gasteiger partial charge in [-0.3, -0.25) is 0 Å². The molecule has 0 N–H and O–H groups in total. The van der Waals surface area contributed by atoms with Gasteiger partial charge in [-0.25, -0.2) is 4.98 Å². The van der Waals surface area contributed by atoms with Crippen LogP contribution >= 0.6 is 12.6 Å².